The van der Waals surface area contributed by atoms with Crippen LogP contribution in [-0.2, 0) is 11.2 Å². The van der Waals surface area contributed by atoms with Crippen molar-refractivity contribution < 1.29 is 38.1 Å². The molecule has 1 aromatic carbocycles. The number of halogens is 5. The molecule has 0 radical (unpaired) electrons. The molecule has 232 valence electrons. The van der Waals surface area contributed by atoms with Crippen LogP contribution < -0.4 is 10.6 Å². The van der Waals surface area contributed by atoms with Crippen LogP contribution in [0.4, 0.5) is 19.1 Å². The van der Waals surface area contributed by atoms with E-state index in [0.29, 0.717) is 51.4 Å². The summed E-state index contributed by atoms with van der Waals surface area (Å²) in [7, 11) is 0. The molecule has 4 rings (SSSR count). The lowest BCUT2D eigenvalue weighted by molar-refractivity contribution is -0.192. The molecule has 0 aliphatic rings. The Labute approximate surface area is 257 Å². The number of anilines is 1. The Morgan fingerprint density at radius 1 is 1.09 bits per heavy atom. The van der Waals surface area contributed by atoms with Crippen molar-refractivity contribution in [1.29, 1.82) is 5.26 Å². The summed E-state index contributed by atoms with van der Waals surface area (Å²) in [6, 6.07) is 11.6. The zero-order chi connectivity index (χ0) is 32.4. The second-order valence-corrected chi connectivity index (χ2v) is 9.81. The maximum atomic E-state index is 12.7. The first kappa shape index (κ1) is 34.0. The first-order chi connectivity index (χ1) is 20.9. The zero-order valence-electron chi connectivity index (χ0n) is 22.5. The summed E-state index contributed by atoms with van der Waals surface area (Å²) in [5.74, 6) is -2.85. The summed E-state index contributed by atoms with van der Waals surface area (Å²) in [6.07, 6.45) is -0.596. The number of nitrogens with zero attached hydrogens (tertiary/aromatic N) is 5. The lowest BCUT2D eigenvalue weighted by Crippen LogP contribution is -2.40. The minimum atomic E-state index is -5.08. The minimum Gasteiger partial charge on any atom is -0.475 e. The maximum Gasteiger partial charge on any atom is 0.490 e. The molecule has 0 fully saturated rings. The van der Waals surface area contributed by atoms with Crippen LogP contribution in [-0.4, -0.2) is 78.5 Å². The fourth-order valence-electron chi connectivity index (χ4n) is 3.57. The highest BCUT2D eigenvalue weighted by Gasteiger charge is 2.38. The van der Waals surface area contributed by atoms with Gasteiger partial charge in [0.1, 0.15) is 17.4 Å². The lowest BCUT2D eigenvalue weighted by Gasteiger charge is -2.12. The quantitative estimate of drug-likeness (QED) is 0.158. The monoisotopic (exact) mass is 653 g/mol. The van der Waals surface area contributed by atoms with Crippen LogP contribution in [0.25, 0.3) is 16.9 Å². The predicted octanol–water partition coefficient (Wildman–Crippen LogP) is 3.73. The number of aliphatic hydroxyl groups is 2. The summed E-state index contributed by atoms with van der Waals surface area (Å²) in [5.41, 5.74) is 3.10. The van der Waals surface area contributed by atoms with Crippen LogP contribution in [0.5, 0.6) is 0 Å². The van der Waals surface area contributed by atoms with Crippen molar-refractivity contribution in [1.82, 2.24) is 24.7 Å². The van der Waals surface area contributed by atoms with Gasteiger partial charge in [0.25, 0.3) is 5.91 Å². The van der Waals surface area contributed by atoms with E-state index in [4.69, 9.17) is 43.3 Å². The van der Waals surface area contributed by atoms with Gasteiger partial charge in [0, 0.05) is 41.3 Å². The van der Waals surface area contributed by atoms with Crippen molar-refractivity contribution in [3.8, 4) is 17.3 Å². The molecule has 17 heteroatoms. The predicted molar refractivity (Wildman–Crippen MR) is 153 cm³/mol. The Kier molecular flexibility index (Phi) is 11.8. The molecule has 0 atom stereocenters. The van der Waals surface area contributed by atoms with E-state index in [2.05, 4.69) is 26.7 Å². The number of aliphatic hydroxyl groups excluding tert-OH is 2. The number of carboxylic acids is 1. The van der Waals surface area contributed by atoms with Gasteiger partial charge in [0.05, 0.1) is 35.5 Å². The van der Waals surface area contributed by atoms with E-state index in [9.17, 15) is 28.2 Å². The van der Waals surface area contributed by atoms with Gasteiger partial charge in [0.2, 0.25) is 5.95 Å². The summed E-state index contributed by atoms with van der Waals surface area (Å²) in [5, 5.41) is 41.3. The van der Waals surface area contributed by atoms with Crippen LogP contribution in [0.2, 0.25) is 10.0 Å². The van der Waals surface area contributed by atoms with Crippen LogP contribution >= 0.6 is 23.2 Å². The van der Waals surface area contributed by atoms with Crippen molar-refractivity contribution in [2.24, 2.45) is 0 Å². The summed E-state index contributed by atoms with van der Waals surface area (Å²) >= 11 is 12.5. The Bertz CT molecular complexity index is 1660. The van der Waals surface area contributed by atoms with E-state index in [1.807, 2.05) is 6.07 Å². The second kappa shape index (κ2) is 15.3. The number of rotatable bonds is 10. The van der Waals surface area contributed by atoms with Crippen molar-refractivity contribution in [3.05, 3.63) is 75.8 Å². The van der Waals surface area contributed by atoms with Crippen molar-refractivity contribution >= 4 is 46.7 Å². The molecule has 1 amide bonds. The molecule has 5 N–H and O–H groups in total. The van der Waals surface area contributed by atoms with Crippen molar-refractivity contribution in [2.45, 2.75) is 25.1 Å². The molecule has 0 saturated heterocycles. The summed E-state index contributed by atoms with van der Waals surface area (Å²) in [6.45, 7) is -0.271. The van der Waals surface area contributed by atoms with Crippen LogP contribution in [0, 0.1) is 11.3 Å². The number of nitriles is 1. The number of imidazole rings is 1. The number of aliphatic carboxylic acids is 1. The number of aryl methyl sites for hydroxylation is 1. The fraction of sp³-hybridized carbons (Fsp3) is 0.259. The molecule has 44 heavy (non-hydrogen) atoms. The highest BCUT2D eigenvalue weighted by molar-refractivity contribution is 6.36. The third-order valence-electron chi connectivity index (χ3n) is 5.76. The highest BCUT2D eigenvalue weighted by Crippen LogP contribution is 2.31. The van der Waals surface area contributed by atoms with E-state index in [1.165, 1.54) is 6.20 Å². The third-order valence-corrected chi connectivity index (χ3v) is 6.31. The molecule has 0 unspecified atom stereocenters. The van der Waals surface area contributed by atoms with E-state index < -0.39 is 37.3 Å². The number of alkyl halides is 3. The number of carboxylic acid groups (broad SMARTS) is 1. The summed E-state index contributed by atoms with van der Waals surface area (Å²) in [4.78, 5) is 35.0. The Morgan fingerprint density at radius 2 is 1.80 bits per heavy atom. The van der Waals surface area contributed by atoms with E-state index >= 15 is 0 Å². The highest BCUT2D eigenvalue weighted by atomic mass is 35.5. The molecule has 0 aliphatic heterocycles. The number of nitrogens with one attached hydrogen (secondary N) is 2. The van der Waals surface area contributed by atoms with Crippen molar-refractivity contribution in [3.63, 3.8) is 0 Å². The maximum absolute atomic E-state index is 12.7. The van der Waals surface area contributed by atoms with Gasteiger partial charge in [-0.3, -0.25) is 14.2 Å². The topological polar surface area (TPSA) is 186 Å². The van der Waals surface area contributed by atoms with Gasteiger partial charge in [-0.05, 0) is 43.2 Å². The van der Waals surface area contributed by atoms with Gasteiger partial charge < -0.3 is 26.0 Å². The molecule has 0 bridgehead atoms. The normalized spacial score (nSPS) is 11.1. The Hall–Kier alpha value is -4.49. The van der Waals surface area contributed by atoms with E-state index in [0.717, 1.165) is 12.1 Å². The molecular weight excluding hydrogens is 630 g/mol. The molecule has 3 heterocycles. The van der Waals surface area contributed by atoms with Gasteiger partial charge in [0.15, 0.2) is 0 Å². The van der Waals surface area contributed by atoms with E-state index in [1.54, 1.807) is 40.9 Å². The molecule has 3 aromatic heterocycles. The van der Waals surface area contributed by atoms with Crippen LogP contribution in [0.15, 0.2) is 48.8 Å². The first-order valence-electron chi connectivity index (χ1n) is 12.6. The van der Waals surface area contributed by atoms with Gasteiger partial charge >= 0.3 is 12.1 Å². The smallest absolute Gasteiger partial charge is 0.475 e. The number of carbonyl (C=O) groups is 2. The number of aromatic nitrogens is 4. The number of amides is 1. The largest absolute Gasteiger partial charge is 0.490 e. The standard InChI is InChI=1S/C25H23Cl2N7O3.C2HF3O2/c26-16-4-6-19(20(27)8-16)21-9-23-32-22(24(37)31-18(13-35)14-36)12-34(23)25(33-21)29-7-1-2-17-5-3-15(10-28)11-30-17;3-2(4,5)1(6)7/h3-6,8-9,11-12,18,35-36H,1-2,7,13-14H2,(H,29,33)(H,31,37);(H,6,7). The average molecular weight is 654 g/mol. The molecule has 0 spiro atoms. The van der Waals surface area contributed by atoms with Gasteiger partial charge in [-0.15, -0.1) is 0 Å². The van der Waals surface area contributed by atoms with E-state index in [-0.39, 0.29) is 5.69 Å². The number of pyridine rings is 1. The summed E-state index contributed by atoms with van der Waals surface area (Å²) < 4.78 is 33.4. The SMILES string of the molecule is N#Cc1ccc(CCCNc2nc(-c3ccc(Cl)cc3Cl)cc3nc(C(=O)NC(CO)CO)cn23)nc1.O=C(O)C(F)(F)F. The van der Waals surface area contributed by atoms with Crippen LogP contribution in [0.1, 0.15) is 28.2 Å². The molecule has 0 aliphatic carbocycles. The van der Waals surface area contributed by atoms with Crippen LogP contribution in [0.3, 0.4) is 0 Å². The molecular formula is C27H24Cl2F3N7O5. The number of carbonyl (C=O) groups excluding carboxylic acids is 1. The van der Waals surface area contributed by atoms with Gasteiger partial charge in [-0.2, -0.15) is 18.4 Å². The number of fused-ring (bicyclic) bond motifs is 1. The second-order valence-electron chi connectivity index (χ2n) is 8.96. The van der Waals surface area contributed by atoms with Gasteiger partial charge in [-0.25, -0.2) is 14.8 Å². The molecule has 0 saturated carbocycles. The average Bonchev–Trinajstić information content (AvgIpc) is 3.43. The first-order valence-corrected chi connectivity index (χ1v) is 13.4. The number of hydrogen-bond acceptors (Lipinski definition) is 9. The number of hydrogen-bond donors (Lipinski definition) is 5. The zero-order valence-corrected chi connectivity index (χ0v) is 24.0. The Balaban J connectivity index is 0.000000676. The number of benzene rings is 1. The molecule has 12 nitrogen and oxygen atoms in total. The third kappa shape index (κ3) is 9.25. The molecule has 4 aromatic rings. The lowest BCUT2D eigenvalue weighted by atomic mass is 10.1. The Morgan fingerprint density at radius 3 is 2.36 bits per heavy atom. The minimum absolute atomic E-state index is 0.0953. The fourth-order valence-corrected chi connectivity index (χ4v) is 4.08. The van der Waals surface area contributed by atoms with Gasteiger partial charge in [-0.1, -0.05) is 23.2 Å². The van der Waals surface area contributed by atoms with Crippen molar-refractivity contribution in [2.75, 3.05) is 25.1 Å².